The maximum atomic E-state index is 3.59. The Morgan fingerprint density at radius 2 is 2.25 bits per heavy atom. The molecule has 2 aliphatic rings. The largest absolute Gasteiger partial charge is 0.314 e. The lowest BCUT2D eigenvalue weighted by Crippen LogP contribution is -2.56. The van der Waals surface area contributed by atoms with Crippen LogP contribution in [0.5, 0.6) is 0 Å². The van der Waals surface area contributed by atoms with Crippen molar-refractivity contribution in [2.45, 2.75) is 11.3 Å². The van der Waals surface area contributed by atoms with Gasteiger partial charge in [0.05, 0.1) is 0 Å². The normalized spacial score (nSPS) is 31.5. The minimum absolute atomic E-state index is 0.762. The third-order valence-corrected chi connectivity index (χ3v) is 5.15. The second-order valence-electron chi connectivity index (χ2n) is 3.33. The molecule has 0 aromatic heterocycles. The van der Waals surface area contributed by atoms with E-state index in [-0.39, 0.29) is 0 Å². The van der Waals surface area contributed by atoms with E-state index in [1.807, 2.05) is 0 Å². The van der Waals surface area contributed by atoms with Crippen LogP contribution in [-0.2, 0) is 0 Å². The first-order chi connectivity index (χ1) is 5.95. The molecule has 0 bridgehead atoms. The molecule has 2 rings (SSSR count). The minimum Gasteiger partial charge on any atom is -0.314 e. The predicted molar refractivity (Wildman–Crippen MR) is 58.2 cm³/mol. The van der Waals surface area contributed by atoms with Gasteiger partial charge in [0, 0.05) is 48.2 Å². The van der Waals surface area contributed by atoms with Gasteiger partial charge in [0.1, 0.15) is 0 Å². The predicted octanol–water partition coefficient (Wildman–Crippen LogP) is 0.396. The van der Waals surface area contributed by atoms with E-state index in [9.17, 15) is 0 Å². The summed E-state index contributed by atoms with van der Waals surface area (Å²) in [6, 6.07) is 0.762. The summed E-state index contributed by atoms with van der Waals surface area (Å²) >= 11 is 4.24. The molecule has 70 valence electrons. The van der Waals surface area contributed by atoms with Crippen LogP contribution in [0.3, 0.4) is 0 Å². The summed E-state index contributed by atoms with van der Waals surface area (Å²) < 4.78 is 0. The fourth-order valence-electron chi connectivity index (χ4n) is 1.39. The van der Waals surface area contributed by atoms with Gasteiger partial charge >= 0.3 is 0 Å². The van der Waals surface area contributed by atoms with E-state index in [2.05, 4.69) is 34.2 Å². The number of hydrogen-bond acceptors (Lipinski definition) is 4. The number of hydrogen-bond donors (Lipinski definition) is 2. The molecule has 2 fully saturated rings. The zero-order valence-electron chi connectivity index (χ0n) is 7.21. The minimum atomic E-state index is 0.762. The maximum Gasteiger partial charge on any atom is 0.0318 e. The van der Waals surface area contributed by atoms with Gasteiger partial charge in [-0.2, -0.15) is 23.5 Å². The summed E-state index contributed by atoms with van der Waals surface area (Å²) in [5, 5.41) is 7.73. The first-order valence-corrected chi connectivity index (χ1v) is 6.79. The van der Waals surface area contributed by atoms with E-state index >= 15 is 0 Å². The second kappa shape index (κ2) is 4.74. The van der Waals surface area contributed by atoms with Crippen LogP contribution in [-0.4, -0.2) is 48.2 Å². The van der Waals surface area contributed by atoms with Gasteiger partial charge in [-0.25, -0.2) is 0 Å². The molecule has 0 radical (unpaired) electrons. The molecule has 2 saturated heterocycles. The molecule has 2 N–H and O–H groups in total. The Labute approximate surface area is 82.6 Å². The molecule has 2 aliphatic heterocycles. The molecule has 0 spiro atoms. The van der Waals surface area contributed by atoms with Crippen LogP contribution >= 0.6 is 23.5 Å². The van der Waals surface area contributed by atoms with E-state index in [0.29, 0.717) is 0 Å². The molecule has 0 aromatic carbocycles. The summed E-state index contributed by atoms with van der Waals surface area (Å²) in [4.78, 5) is 0. The topological polar surface area (TPSA) is 24.1 Å². The average Bonchev–Trinajstić information content (AvgIpc) is 2.04. The molecular formula is C8H16N2S2. The van der Waals surface area contributed by atoms with Gasteiger partial charge in [0.25, 0.3) is 0 Å². The molecule has 2 nitrogen and oxygen atoms in total. The fourth-order valence-corrected chi connectivity index (χ4v) is 4.01. The zero-order chi connectivity index (χ0) is 8.23. The fraction of sp³-hybridized carbons (Fsp3) is 1.00. The third-order valence-electron chi connectivity index (χ3n) is 2.30. The molecule has 2 heterocycles. The highest BCUT2D eigenvalue weighted by molar-refractivity contribution is 8.06. The van der Waals surface area contributed by atoms with Crippen LogP contribution in [0, 0.1) is 0 Å². The quantitative estimate of drug-likeness (QED) is 0.695. The van der Waals surface area contributed by atoms with E-state index in [0.717, 1.165) is 11.3 Å². The van der Waals surface area contributed by atoms with Crippen LogP contribution < -0.4 is 10.6 Å². The SMILES string of the molecule is C1CSC(CNC2CNC2)CS1. The van der Waals surface area contributed by atoms with Crippen molar-refractivity contribution < 1.29 is 0 Å². The Balaban J connectivity index is 1.58. The van der Waals surface area contributed by atoms with Crippen LogP contribution in [0.25, 0.3) is 0 Å². The van der Waals surface area contributed by atoms with Crippen molar-refractivity contribution >= 4 is 23.5 Å². The Morgan fingerprint density at radius 1 is 1.33 bits per heavy atom. The third kappa shape index (κ3) is 2.55. The monoisotopic (exact) mass is 204 g/mol. The van der Waals surface area contributed by atoms with Crippen LogP contribution in [0.15, 0.2) is 0 Å². The highest BCUT2D eigenvalue weighted by atomic mass is 32.2. The molecule has 12 heavy (non-hydrogen) atoms. The summed E-state index contributed by atoms with van der Waals surface area (Å²) in [6.07, 6.45) is 0. The highest BCUT2D eigenvalue weighted by Gasteiger charge is 2.19. The molecule has 1 atom stereocenters. The smallest absolute Gasteiger partial charge is 0.0318 e. The highest BCUT2D eigenvalue weighted by Crippen LogP contribution is 2.23. The van der Waals surface area contributed by atoms with Crippen molar-refractivity contribution in [2.75, 3.05) is 36.9 Å². The van der Waals surface area contributed by atoms with Gasteiger partial charge in [-0.05, 0) is 0 Å². The van der Waals surface area contributed by atoms with E-state index in [4.69, 9.17) is 0 Å². The molecular weight excluding hydrogens is 188 g/mol. The van der Waals surface area contributed by atoms with Crippen LogP contribution in [0.4, 0.5) is 0 Å². The van der Waals surface area contributed by atoms with E-state index in [1.54, 1.807) is 0 Å². The van der Waals surface area contributed by atoms with Gasteiger partial charge < -0.3 is 10.6 Å². The van der Waals surface area contributed by atoms with Crippen molar-refractivity contribution in [1.82, 2.24) is 10.6 Å². The van der Waals surface area contributed by atoms with E-state index < -0.39 is 0 Å². The molecule has 4 heteroatoms. The maximum absolute atomic E-state index is 3.59. The first-order valence-electron chi connectivity index (χ1n) is 4.58. The van der Waals surface area contributed by atoms with Crippen molar-refractivity contribution in [2.24, 2.45) is 0 Å². The summed E-state index contributed by atoms with van der Waals surface area (Å²) in [5.74, 6) is 4.05. The van der Waals surface area contributed by atoms with E-state index in [1.165, 1.54) is 36.9 Å². The van der Waals surface area contributed by atoms with Gasteiger partial charge in [-0.1, -0.05) is 0 Å². The second-order valence-corrected chi connectivity index (χ2v) is 5.89. The lowest BCUT2D eigenvalue weighted by atomic mass is 10.2. The number of thioether (sulfide) groups is 2. The number of rotatable bonds is 3. The first kappa shape index (κ1) is 9.19. The zero-order valence-corrected chi connectivity index (χ0v) is 8.85. The number of nitrogens with one attached hydrogen (secondary N) is 2. The van der Waals surface area contributed by atoms with Gasteiger partial charge in [-0.3, -0.25) is 0 Å². The molecule has 0 aliphatic carbocycles. The summed E-state index contributed by atoms with van der Waals surface area (Å²) in [7, 11) is 0. The van der Waals surface area contributed by atoms with Crippen LogP contribution in [0.2, 0.25) is 0 Å². The van der Waals surface area contributed by atoms with Gasteiger partial charge in [0.15, 0.2) is 0 Å². The standard InChI is InChI=1S/C8H16N2S2/c1-2-12-8(6-11-1)5-10-7-3-9-4-7/h7-10H,1-6H2. The van der Waals surface area contributed by atoms with Gasteiger partial charge in [-0.15, -0.1) is 0 Å². The molecule has 1 unspecified atom stereocenters. The Morgan fingerprint density at radius 3 is 2.83 bits per heavy atom. The average molecular weight is 204 g/mol. The van der Waals surface area contributed by atoms with Crippen molar-refractivity contribution in [1.29, 1.82) is 0 Å². The summed E-state index contributed by atoms with van der Waals surface area (Å²) in [5.41, 5.74) is 0. The van der Waals surface area contributed by atoms with Crippen molar-refractivity contribution in [3.8, 4) is 0 Å². The lowest BCUT2D eigenvalue weighted by molar-refractivity contribution is 0.369. The Kier molecular flexibility index (Phi) is 3.63. The Bertz CT molecular complexity index is 133. The van der Waals surface area contributed by atoms with Gasteiger partial charge in [0.2, 0.25) is 0 Å². The summed E-state index contributed by atoms with van der Waals surface area (Å²) in [6.45, 7) is 3.55. The van der Waals surface area contributed by atoms with Crippen LogP contribution in [0.1, 0.15) is 0 Å². The van der Waals surface area contributed by atoms with Crippen molar-refractivity contribution in [3.63, 3.8) is 0 Å². The molecule has 0 saturated carbocycles. The lowest BCUT2D eigenvalue weighted by Gasteiger charge is -2.30. The molecule has 0 amide bonds. The van der Waals surface area contributed by atoms with Crippen molar-refractivity contribution in [3.05, 3.63) is 0 Å². The molecule has 0 aromatic rings. The Hall–Kier alpha value is 0.620.